The third-order valence-electron chi connectivity index (χ3n) is 3.35. The maximum absolute atomic E-state index is 12.7. The molecule has 172 valence electrons. The SMILES string of the molecule is CC(C)COC(Oc1cc(C(=O)OCCS(=O)(=O)[O-])ccc1OC(F)(F)F)C(C)C. The second kappa shape index (κ2) is 10.8. The number of hydrogen-bond acceptors (Lipinski definition) is 8. The Bertz CT molecular complexity index is 806. The van der Waals surface area contributed by atoms with Crippen LogP contribution in [0.25, 0.3) is 0 Å². The van der Waals surface area contributed by atoms with E-state index in [0.29, 0.717) is 0 Å². The summed E-state index contributed by atoms with van der Waals surface area (Å²) in [5, 5.41) is 0. The van der Waals surface area contributed by atoms with Crippen LogP contribution in [0.15, 0.2) is 18.2 Å². The molecule has 12 heteroatoms. The molecule has 0 radical (unpaired) electrons. The second-order valence-corrected chi connectivity index (χ2v) is 8.59. The van der Waals surface area contributed by atoms with Crippen LogP contribution in [0.4, 0.5) is 13.2 Å². The van der Waals surface area contributed by atoms with Gasteiger partial charge in [-0.3, -0.25) is 0 Å². The Labute approximate surface area is 173 Å². The molecule has 0 heterocycles. The smallest absolute Gasteiger partial charge is 0.573 e. The van der Waals surface area contributed by atoms with E-state index in [1.807, 2.05) is 13.8 Å². The summed E-state index contributed by atoms with van der Waals surface area (Å²) in [5.74, 6) is -3.21. The van der Waals surface area contributed by atoms with Crippen LogP contribution >= 0.6 is 0 Å². The highest BCUT2D eigenvalue weighted by Crippen LogP contribution is 2.35. The van der Waals surface area contributed by atoms with E-state index in [2.05, 4.69) is 9.47 Å². The molecule has 1 aromatic carbocycles. The van der Waals surface area contributed by atoms with Gasteiger partial charge in [0.15, 0.2) is 11.5 Å². The summed E-state index contributed by atoms with van der Waals surface area (Å²) in [6, 6.07) is 2.81. The van der Waals surface area contributed by atoms with Gasteiger partial charge < -0.3 is 23.5 Å². The van der Waals surface area contributed by atoms with Crippen LogP contribution in [-0.2, 0) is 19.6 Å². The van der Waals surface area contributed by atoms with Crippen LogP contribution in [0.5, 0.6) is 11.5 Å². The van der Waals surface area contributed by atoms with Crippen molar-refractivity contribution in [2.45, 2.75) is 40.3 Å². The standard InChI is InChI=1S/C18H25F3O8S/c1-11(2)10-27-17(12(3)4)28-15-9-13(5-6-14(15)29-18(19,20)21)16(22)26-7-8-30(23,24)25/h5-6,9,11-12,17H,7-8,10H2,1-4H3,(H,23,24,25)/p-1. The van der Waals surface area contributed by atoms with E-state index in [4.69, 9.17) is 9.47 Å². The summed E-state index contributed by atoms with van der Waals surface area (Å²) < 4.78 is 89.6. The van der Waals surface area contributed by atoms with Gasteiger partial charge in [-0.25, -0.2) is 13.2 Å². The summed E-state index contributed by atoms with van der Waals surface area (Å²) in [6.45, 7) is 6.81. The molecule has 1 atom stereocenters. The van der Waals surface area contributed by atoms with Crippen molar-refractivity contribution in [3.63, 3.8) is 0 Å². The van der Waals surface area contributed by atoms with Crippen LogP contribution in [0, 0.1) is 11.8 Å². The average molecular weight is 457 g/mol. The Balaban J connectivity index is 3.11. The number of rotatable bonds is 11. The Kier molecular flexibility index (Phi) is 9.37. The van der Waals surface area contributed by atoms with Crippen LogP contribution in [0.1, 0.15) is 38.1 Å². The highest BCUT2D eigenvalue weighted by molar-refractivity contribution is 7.85. The molecular formula is C18H24F3O8S-. The number of alkyl halides is 3. The van der Waals surface area contributed by atoms with Gasteiger partial charge in [-0.05, 0) is 24.1 Å². The Morgan fingerprint density at radius 3 is 2.27 bits per heavy atom. The van der Waals surface area contributed by atoms with E-state index in [0.717, 1.165) is 18.2 Å². The molecule has 1 rings (SSSR count). The van der Waals surface area contributed by atoms with Crippen molar-refractivity contribution >= 4 is 16.1 Å². The lowest BCUT2D eigenvalue weighted by Gasteiger charge is -2.25. The lowest BCUT2D eigenvalue weighted by atomic mass is 10.2. The summed E-state index contributed by atoms with van der Waals surface area (Å²) in [4.78, 5) is 12.0. The van der Waals surface area contributed by atoms with Gasteiger partial charge in [0, 0.05) is 5.92 Å². The Morgan fingerprint density at radius 1 is 1.13 bits per heavy atom. The van der Waals surface area contributed by atoms with Crippen LogP contribution in [-0.4, -0.2) is 50.6 Å². The Hall–Kier alpha value is -2.05. The minimum atomic E-state index is -5.01. The highest BCUT2D eigenvalue weighted by atomic mass is 32.2. The number of ether oxygens (including phenoxy) is 4. The van der Waals surface area contributed by atoms with Gasteiger partial charge in [0.25, 0.3) is 0 Å². The quantitative estimate of drug-likeness (QED) is 0.283. The lowest BCUT2D eigenvalue weighted by Crippen LogP contribution is -2.29. The molecule has 1 aromatic rings. The molecule has 0 aliphatic carbocycles. The molecule has 0 amide bonds. The van der Waals surface area contributed by atoms with Crippen LogP contribution in [0.3, 0.4) is 0 Å². The molecule has 0 aliphatic rings. The van der Waals surface area contributed by atoms with Crippen molar-refractivity contribution in [3.05, 3.63) is 23.8 Å². The molecule has 0 saturated heterocycles. The number of carbonyl (C=O) groups is 1. The maximum Gasteiger partial charge on any atom is 0.573 e. The first-order chi connectivity index (χ1) is 13.7. The van der Waals surface area contributed by atoms with E-state index in [1.165, 1.54) is 0 Å². The number of esters is 1. The van der Waals surface area contributed by atoms with Crippen molar-refractivity contribution in [2.24, 2.45) is 11.8 Å². The highest BCUT2D eigenvalue weighted by Gasteiger charge is 2.33. The van der Waals surface area contributed by atoms with E-state index in [1.54, 1.807) is 13.8 Å². The molecule has 1 unspecified atom stereocenters. The van der Waals surface area contributed by atoms with Crippen LogP contribution in [0.2, 0.25) is 0 Å². The minimum Gasteiger partial charge on any atom is -0.748 e. The fourth-order valence-corrected chi connectivity index (χ4v) is 2.32. The predicted octanol–water partition coefficient (Wildman–Crippen LogP) is 3.32. The van der Waals surface area contributed by atoms with Crippen molar-refractivity contribution in [1.29, 1.82) is 0 Å². The van der Waals surface area contributed by atoms with Crippen molar-refractivity contribution in [1.82, 2.24) is 0 Å². The number of hydrogen-bond donors (Lipinski definition) is 0. The Morgan fingerprint density at radius 2 is 1.77 bits per heavy atom. The van der Waals surface area contributed by atoms with Gasteiger partial charge in [-0.2, -0.15) is 0 Å². The summed E-state index contributed by atoms with van der Waals surface area (Å²) in [7, 11) is -4.59. The van der Waals surface area contributed by atoms with Crippen molar-refractivity contribution in [2.75, 3.05) is 19.0 Å². The average Bonchev–Trinajstić information content (AvgIpc) is 2.56. The fourth-order valence-electron chi connectivity index (χ4n) is 2.03. The molecule has 0 saturated carbocycles. The van der Waals surface area contributed by atoms with Gasteiger partial charge in [0.05, 0.1) is 28.0 Å². The van der Waals surface area contributed by atoms with Crippen molar-refractivity contribution in [3.8, 4) is 11.5 Å². The maximum atomic E-state index is 12.7. The van der Waals surface area contributed by atoms with Gasteiger partial charge in [-0.15, -0.1) is 13.2 Å². The molecule has 0 N–H and O–H groups in total. The van der Waals surface area contributed by atoms with Gasteiger partial charge in [0.1, 0.15) is 6.61 Å². The summed E-state index contributed by atoms with van der Waals surface area (Å²) in [5.41, 5.74) is -0.228. The second-order valence-electron chi connectivity index (χ2n) is 7.06. The molecule has 0 fully saturated rings. The monoisotopic (exact) mass is 457 g/mol. The topological polar surface area (TPSA) is 111 Å². The van der Waals surface area contributed by atoms with E-state index < -0.39 is 52.6 Å². The van der Waals surface area contributed by atoms with E-state index in [9.17, 15) is 30.9 Å². The zero-order valence-corrected chi connectivity index (χ0v) is 17.7. The fraction of sp³-hybridized carbons (Fsp3) is 0.611. The first kappa shape index (κ1) is 26.0. The third kappa shape index (κ3) is 10.1. The number of halogens is 3. The third-order valence-corrected chi connectivity index (χ3v) is 4.02. The predicted molar refractivity (Wildman–Crippen MR) is 98.0 cm³/mol. The molecule has 0 spiro atoms. The number of benzene rings is 1. The zero-order valence-electron chi connectivity index (χ0n) is 16.9. The first-order valence-corrected chi connectivity index (χ1v) is 10.5. The van der Waals surface area contributed by atoms with E-state index >= 15 is 0 Å². The summed E-state index contributed by atoms with van der Waals surface area (Å²) in [6.07, 6.45) is -5.94. The lowest BCUT2D eigenvalue weighted by molar-refractivity contribution is -0.275. The molecule has 0 aromatic heterocycles. The molecule has 30 heavy (non-hydrogen) atoms. The van der Waals surface area contributed by atoms with Gasteiger partial charge in [0.2, 0.25) is 6.29 Å². The first-order valence-electron chi connectivity index (χ1n) is 8.96. The molecule has 8 nitrogen and oxygen atoms in total. The van der Waals surface area contributed by atoms with Gasteiger partial charge in [-0.1, -0.05) is 27.7 Å². The van der Waals surface area contributed by atoms with E-state index in [-0.39, 0.29) is 24.0 Å². The van der Waals surface area contributed by atoms with Crippen molar-refractivity contribution < 1.29 is 49.9 Å². The van der Waals surface area contributed by atoms with Gasteiger partial charge >= 0.3 is 12.3 Å². The molecule has 0 bridgehead atoms. The largest absolute Gasteiger partial charge is 0.748 e. The molecule has 0 aliphatic heterocycles. The minimum absolute atomic E-state index is 0.138. The zero-order chi connectivity index (χ0) is 23.1. The number of carbonyl (C=O) groups excluding carboxylic acids is 1. The van der Waals surface area contributed by atoms with Crippen LogP contribution < -0.4 is 9.47 Å². The normalized spacial score (nSPS) is 13.4. The molecular weight excluding hydrogens is 433 g/mol. The summed E-state index contributed by atoms with van der Waals surface area (Å²) >= 11 is 0.